The van der Waals surface area contributed by atoms with E-state index in [4.69, 9.17) is 4.74 Å². The van der Waals surface area contributed by atoms with Crippen LogP contribution in [0.4, 0.5) is 18.9 Å². The van der Waals surface area contributed by atoms with Crippen molar-refractivity contribution in [2.45, 2.75) is 13.1 Å². The van der Waals surface area contributed by atoms with E-state index in [0.29, 0.717) is 0 Å². The largest absolute Gasteiger partial charge is 0.435 e. The van der Waals surface area contributed by atoms with Gasteiger partial charge in [-0.3, -0.25) is 4.79 Å². The summed E-state index contributed by atoms with van der Waals surface area (Å²) in [5, 5.41) is 6.03. The van der Waals surface area contributed by atoms with Crippen LogP contribution in [0.15, 0.2) is 36.5 Å². The number of aromatic nitrogens is 2. The molecule has 8 heteroatoms. The van der Waals surface area contributed by atoms with E-state index in [-0.39, 0.29) is 18.0 Å². The molecule has 0 aliphatic heterocycles. The summed E-state index contributed by atoms with van der Waals surface area (Å²) >= 11 is 0. The van der Waals surface area contributed by atoms with Gasteiger partial charge in [-0.15, -0.1) is 0 Å². The minimum atomic E-state index is -4.67. The molecule has 5 nitrogen and oxygen atoms in total. The van der Waals surface area contributed by atoms with E-state index < -0.39 is 23.7 Å². The van der Waals surface area contributed by atoms with Crippen LogP contribution in [0, 0.1) is 5.92 Å². The van der Waals surface area contributed by atoms with Gasteiger partial charge in [-0.2, -0.15) is 18.3 Å². The first kappa shape index (κ1) is 17.0. The number of carbonyl (C=O) groups is 1. The maximum Gasteiger partial charge on any atom is 0.435 e. The Morgan fingerprint density at radius 1 is 1.35 bits per heavy atom. The molecular formula is C15H16F3N3O2. The topological polar surface area (TPSA) is 56.1 Å². The zero-order chi connectivity index (χ0) is 17.0. The van der Waals surface area contributed by atoms with Crippen molar-refractivity contribution in [3.8, 4) is 5.69 Å². The maximum atomic E-state index is 13.4. The van der Waals surface area contributed by atoms with Gasteiger partial charge >= 0.3 is 6.18 Å². The molecule has 0 saturated heterocycles. The van der Waals surface area contributed by atoms with E-state index in [1.165, 1.54) is 19.2 Å². The zero-order valence-corrected chi connectivity index (χ0v) is 12.6. The molecular weight excluding hydrogens is 311 g/mol. The summed E-state index contributed by atoms with van der Waals surface area (Å²) in [4.78, 5) is 11.9. The van der Waals surface area contributed by atoms with Crippen LogP contribution >= 0.6 is 0 Å². The first-order valence-corrected chi connectivity index (χ1v) is 6.85. The normalized spacial score (nSPS) is 12.9. The van der Waals surface area contributed by atoms with E-state index in [1.54, 1.807) is 25.1 Å². The SMILES string of the molecule is COCC(C)C(=O)Nc1cnn(-c2ccccc2)c1C(F)(F)F. The summed E-state index contributed by atoms with van der Waals surface area (Å²) in [6.07, 6.45) is -3.67. The van der Waals surface area contributed by atoms with Crippen LogP contribution < -0.4 is 5.32 Å². The van der Waals surface area contributed by atoms with E-state index in [2.05, 4.69) is 10.4 Å². The van der Waals surface area contributed by atoms with Crippen LogP contribution in [0.25, 0.3) is 5.69 Å². The molecule has 124 valence electrons. The van der Waals surface area contributed by atoms with Gasteiger partial charge in [-0.25, -0.2) is 4.68 Å². The van der Waals surface area contributed by atoms with Gasteiger partial charge in [0.25, 0.3) is 0 Å². The Hall–Kier alpha value is -2.35. The van der Waals surface area contributed by atoms with E-state index in [1.807, 2.05) is 0 Å². The van der Waals surface area contributed by atoms with Crippen molar-refractivity contribution in [1.82, 2.24) is 9.78 Å². The Kier molecular flexibility index (Phi) is 5.05. The highest BCUT2D eigenvalue weighted by Crippen LogP contribution is 2.36. The van der Waals surface area contributed by atoms with Gasteiger partial charge in [0, 0.05) is 7.11 Å². The Morgan fingerprint density at radius 3 is 2.57 bits per heavy atom. The van der Waals surface area contributed by atoms with Crippen molar-refractivity contribution in [3.05, 3.63) is 42.2 Å². The van der Waals surface area contributed by atoms with Crippen LogP contribution in [0.5, 0.6) is 0 Å². The van der Waals surface area contributed by atoms with Crippen molar-refractivity contribution in [2.24, 2.45) is 5.92 Å². The molecule has 0 fully saturated rings. The summed E-state index contributed by atoms with van der Waals surface area (Å²) in [6.45, 7) is 1.67. The van der Waals surface area contributed by atoms with E-state index in [0.717, 1.165) is 10.9 Å². The predicted molar refractivity (Wildman–Crippen MR) is 78.2 cm³/mol. The Morgan fingerprint density at radius 2 is 2.00 bits per heavy atom. The number of nitrogens with zero attached hydrogens (tertiary/aromatic N) is 2. The summed E-state index contributed by atoms with van der Waals surface area (Å²) in [6, 6.07) is 7.91. The highest BCUT2D eigenvalue weighted by atomic mass is 19.4. The second kappa shape index (κ2) is 6.82. The van der Waals surface area contributed by atoms with E-state index >= 15 is 0 Å². The molecule has 2 aromatic rings. The molecule has 1 heterocycles. The molecule has 0 bridgehead atoms. The fraction of sp³-hybridized carbons (Fsp3) is 0.333. The van der Waals surface area contributed by atoms with Crippen molar-refractivity contribution >= 4 is 11.6 Å². The van der Waals surface area contributed by atoms with Crippen LogP contribution in [-0.4, -0.2) is 29.4 Å². The third kappa shape index (κ3) is 3.89. The van der Waals surface area contributed by atoms with Crippen molar-refractivity contribution < 1.29 is 22.7 Å². The second-order valence-corrected chi connectivity index (χ2v) is 5.00. The molecule has 1 atom stereocenters. The Bertz CT molecular complexity index is 668. The fourth-order valence-electron chi connectivity index (χ4n) is 2.06. The smallest absolute Gasteiger partial charge is 0.384 e. The van der Waals surface area contributed by atoms with Gasteiger partial charge in [0.1, 0.15) is 0 Å². The lowest BCUT2D eigenvalue weighted by atomic mass is 10.2. The summed E-state index contributed by atoms with van der Waals surface area (Å²) in [5.74, 6) is -1.15. The van der Waals surface area contributed by atoms with Gasteiger partial charge in [-0.1, -0.05) is 25.1 Å². The summed E-state index contributed by atoms with van der Waals surface area (Å²) in [7, 11) is 1.42. The molecule has 0 saturated carbocycles. The molecule has 0 radical (unpaired) electrons. The maximum absolute atomic E-state index is 13.4. The molecule has 2 rings (SSSR count). The van der Waals surface area contributed by atoms with Gasteiger partial charge in [0.15, 0.2) is 5.69 Å². The molecule has 0 aliphatic rings. The zero-order valence-electron chi connectivity index (χ0n) is 12.6. The van der Waals surface area contributed by atoms with Crippen LogP contribution in [0.3, 0.4) is 0 Å². The number of hydrogen-bond acceptors (Lipinski definition) is 3. The lowest BCUT2D eigenvalue weighted by Gasteiger charge is -2.15. The first-order chi connectivity index (χ1) is 10.8. The minimum absolute atomic E-state index is 0.111. The number of nitrogens with one attached hydrogen (secondary N) is 1. The predicted octanol–water partition coefficient (Wildman–Crippen LogP) is 3.11. The number of carbonyl (C=O) groups excluding carboxylic acids is 1. The number of benzene rings is 1. The molecule has 1 aromatic carbocycles. The number of rotatable bonds is 5. The average Bonchev–Trinajstić information content (AvgIpc) is 2.92. The Balaban J connectivity index is 2.38. The van der Waals surface area contributed by atoms with Crippen LogP contribution in [0.2, 0.25) is 0 Å². The summed E-state index contributed by atoms with van der Waals surface area (Å²) in [5.41, 5.74) is -1.15. The molecule has 23 heavy (non-hydrogen) atoms. The number of hydrogen-bond donors (Lipinski definition) is 1. The van der Waals surface area contributed by atoms with E-state index in [9.17, 15) is 18.0 Å². The quantitative estimate of drug-likeness (QED) is 0.918. The molecule has 1 N–H and O–H groups in total. The van der Waals surface area contributed by atoms with Gasteiger partial charge in [0.2, 0.25) is 5.91 Å². The lowest BCUT2D eigenvalue weighted by Crippen LogP contribution is -2.25. The summed E-state index contributed by atoms with van der Waals surface area (Å²) < 4.78 is 45.8. The monoisotopic (exact) mass is 327 g/mol. The van der Waals surface area contributed by atoms with Crippen LogP contribution in [0.1, 0.15) is 12.6 Å². The number of anilines is 1. The highest BCUT2D eigenvalue weighted by molar-refractivity contribution is 5.93. The molecule has 0 spiro atoms. The second-order valence-electron chi connectivity index (χ2n) is 5.00. The standard InChI is InChI=1S/C15H16F3N3O2/c1-10(9-23-2)14(22)20-12-8-19-21(13(12)15(16,17)18)11-6-4-3-5-7-11/h3-8,10H,9H2,1-2H3,(H,20,22). The van der Waals surface area contributed by atoms with Gasteiger partial charge in [0.05, 0.1) is 30.1 Å². The number of amides is 1. The number of methoxy groups -OCH3 is 1. The number of halogens is 3. The van der Waals surface area contributed by atoms with Crippen molar-refractivity contribution in [1.29, 1.82) is 0 Å². The fourth-order valence-corrected chi connectivity index (χ4v) is 2.06. The van der Waals surface area contributed by atoms with Crippen molar-refractivity contribution in [3.63, 3.8) is 0 Å². The lowest BCUT2D eigenvalue weighted by molar-refractivity contribution is -0.142. The molecule has 1 amide bonds. The minimum Gasteiger partial charge on any atom is -0.384 e. The first-order valence-electron chi connectivity index (χ1n) is 6.85. The highest BCUT2D eigenvalue weighted by Gasteiger charge is 2.39. The molecule has 1 aromatic heterocycles. The Labute approximate surface area is 131 Å². The number of ether oxygens (including phenoxy) is 1. The number of para-hydroxylation sites is 1. The van der Waals surface area contributed by atoms with Crippen LogP contribution in [-0.2, 0) is 15.7 Å². The van der Waals surface area contributed by atoms with Crippen molar-refractivity contribution in [2.75, 3.05) is 19.0 Å². The molecule has 1 unspecified atom stereocenters. The number of alkyl halides is 3. The van der Waals surface area contributed by atoms with Gasteiger partial charge < -0.3 is 10.1 Å². The third-order valence-corrected chi connectivity index (χ3v) is 3.16. The molecule has 0 aliphatic carbocycles. The third-order valence-electron chi connectivity index (χ3n) is 3.16. The average molecular weight is 327 g/mol. The van der Waals surface area contributed by atoms with Gasteiger partial charge in [-0.05, 0) is 12.1 Å².